The molecule has 0 radical (unpaired) electrons. The third-order valence-electron chi connectivity index (χ3n) is 8.63. The van der Waals surface area contributed by atoms with Crippen LogP contribution in [0.5, 0.6) is 0 Å². The number of benzene rings is 3. The van der Waals surface area contributed by atoms with E-state index in [2.05, 4.69) is 15.4 Å². The average Bonchev–Trinajstić information content (AvgIpc) is 3.49. The van der Waals surface area contributed by atoms with Gasteiger partial charge in [-0.05, 0) is 52.9 Å². The van der Waals surface area contributed by atoms with Crippen molar-refractivity contribution in [2.45, 2.75) is 68.1 Å². The summed E-state index contributed by atoms with van der Waals surface area (Å²) >= 11 is 0. The van der Waals surface area contributed by atoms with E-state index in [-0.39, 0.29) is 30.3 Å². The summed E-state index contributed by atoms with van der Waals surface area (Å²) in [6.07, 6.45) is -10.4. The largest absolute Gasteiger partial charge is 0.416 e. The summed E-state index contributed by atoms with van der Waals surface area (Å²) in [5.74, 6) is -0.0887. The Labute approximate surface area is 248 Å². The Morgan fingerprint density at radius 2 is 1.45 bits per heavy atom. The molecule has 44 heavy (non-hydrogen) atoms. The highest BCUT2D eigenvalue weighted by Gasteiger charge is 2.68. The van der Waals surface area contributed by atoms with Crippen molar-refractivity contribution in [3.05, 3.63) is 113 Å². The van der Waals surface area contributed by atoms with E-state index in [9.17, 15) is 26.3 Å². The molecule has 2 saturated heterocycles. The summed E-state index contributed by atoms with van der Waals surface area (Å²) < 4.78 is 105. The van der Waals surface area contributed by atoms with Crippen molar-refractivity contribution < 1.29 is 35.5 Å². The highest BCUT2D eigenvalue weighted by molar-refractivity contribution is 5.36. The molecular weight excluding hydrogens is 591 g/mol. The molecule has 0 amide bonds. The van der Waals surface area contributed by atoms with Crippen LogP contribution in [0.15, 0.2) is 78.9 Å². The number of aryl methyl sites for hydroxylation is 1. The quantitative estimate of drug-likeness (QED) is 0.210. The van der Waals surface area contributed by atoms with Crippen molar-refractivity contribution in [2.75, 3.05) is 0 Å². The summed E-state index contributed by atoms with van der Waals surface area (Å²) in [7, 11) is 1.53. The van der Waals surface area contributed by atoms with Gasteiger partial charge < -0.3 is 4.74 Å². The van der Waals surface area contributed by atoms with Crippen molar-refractivity contribution in [1.82, 2.24) is 25.1 Å². The number of alkyl halides is 7. The molecule has 0 saturated carbocycles. The van der Waals surface area contributed by atoms with Crippen molar-refractivity contribution in [3.8, 4) is 0 Å². The molecule has 6 nitrogen and oxygen atoms in total. The minimum atomic E-state index is -4.99. The first-order valence-electron chi connectivity index (χ1n) is 14.0. The van der Waals surface area contributed by atoms with Gasteiger partial charge in [-0.2, -0.15) is 31.1 Å². The fraction of sp³-hybridized carbons (Fsp3) is 0.387. The van der Waals surface area contributed by atoms with Crippen LogP contribution in [0.3, 0.4) is 0 Å². The van der Waals surface area contributed by atoms with Crippen LogP contribution >= 0.6 is 0 Å². The number of hydrogen-bond donors (Lipinski definition) is 0. The number of halogens is 7. The third-order valence-corrected chi connectivity index (χ3v) is 8.63. The van der Waals surface area contributed by atoms with E-state index >= 15 is 4.39 Å². The van der Waals surface area contributed by atoms with Crippen molar-refractivity contribution in [3.63, 3.8) is 0 Å². The number of tetrazole rings is 1. The Morgan fingerprint density at radius 3 is 2.02 bits per heavy atom. The molecule has 3 heterocycles. The molecular formula is C31H28F7N5O. The molecule has 2 fully saturated rings. The van der Waals surface area contributed by atoms with Crippen LogP contribution in [0, 0.1) is 0 Å². The van der Waals surface area contributed by atoms with Gasteiger partial charge in [-0.25, -0.2) is 4.39 Å². The Kier molecular flexibility index (Phi) is 7.52. The molecule has 1 aromatic heterocycles. The first-order valence-corrected chi connectivity index (χ1v) is 14.0. The summed E-state index contributed by atoms with van der Waals surface area (Å²) in [6, 6.07) is 19.2. The number of aromatic nitrogens is 4. The van der Waals surface area contributed by atoms with E-state index in [4.69, 9.17) is 4.74 Å². The predicted molar refractivity (Wildman–Crippen MR) is 144 cm³/mol. The number of hydrogen-bond acceptors (Lipinski definition) is 5. The second-order valence-electron chi connectivity index (χ2n) is 11.4. The van der Waals surface area contributed by atoms with E-state index < -0.39 is 53.4 Å². The van der Waals surface area contributed by atoms with E-state index in [1.807, 2.05) is 47.4 Å². The van der Waals surface area contributed by atoms with Gasteiger partial charge in [-0.3, -0.25) is 4.90 Å². The smallest absolute Gasteiger partial charge is 0.371 e. The van der Waals surface area contributed by atoms with Gasteiger partial charge in [0, 0.05) is 13.0 Å². The molecule has 13 heteroatoms. The Bertz CT molecular complexity index is 1580. The SMILES string of the molecule is Cn1nnc(C2(F)CC3(c4ccccc4)C(OCc4cc(C(F)(F)F)cc(C(F)(F)F)c4)CCC2N3Cc2ccccc2)n1. The molecule has 6 rings (SSSR count). The van der Waals surface area contributed by atoms with Gasteiger partial charge in [0.1, 0.15) is 0 Å². The number of piperidine rings is 1. The van der Waals surface area contributed by atoms with E-state index in [0.29, 0.717) is 30.7 Å². The molecule has 0 aliphatic carbocycles. The topological polar surface area (TPSA) is 56.1 Å². The van der Waals surface area contributed by atoms with E-state index in [1.165, 1.54) is 11.8 Å². The highest BCUT2D eigenvalue weighted by Crippen LogP contribution is 2.60. The fourth-order valence-electron chi connectivity index (χ4n) is 6.78. The van der Waals surface area contributed by atoms with Gasteiger partial charge in [-0.1, -0.05) is 60.7 Å². The van der Waals surface area contributed by atoms with Crippen LogP contribution < -0.4 is 0 Å². The van der Waals surface area contributed by atoms with Crippen LogP contribution in [-0.2, 0) is 48.5 Å². The standard InChI is InChI=1S/C31H28F7N5O/c1-42-40-27(39-41-42)28(32)19-29(22-10-6-3-7-11-22)26(13-12-25(28)43(29)17-20-8-4-2-5-9-20)44-18-21-14-23(30(33,34)35)16-24(15-21)31(36,37)38/h2-11,14-16,25-26H,12-13,17-19H2,1H3. The zero-order chi connectivity index (χ0) is 31.3. The second-order valence-corrected chi connectivity index (χ2v) is 11.4. The molecule has 0 spiro atoms. The normalized spacial score (nSPS) is 25.8. The van der Waals surface area contributed by atoms with Crippen LogP contribution in [-0.4, -0.2) is 37.3 Å². The van der Waals surface area contributed by atoms with Crippen molar-refractivity contribution in [2.24, 2.45) is 7.05 Å². The first-order chi connectivity index (χ1) is 20.8. The van der Waals surface area contributed by atoms with E-state index in [0.717, 1.165) is 5.56 Å². The number of rotatable bonds is 7. The highest BCUT2D eigenvalue weighted by atomic mass is 19.4. The van der Waals surface area contributed by atoms with Crippen molar-refractivity contribution >= 4 is 0 Å². The lowest BCUT2D eigenvalue weighted by atomic mass is 9.78. The Morgan fingerprint density at radius 1 is 0.841 bits per heavy atom. The molecule has 2 bridgehead atoms. The van der Waals surface area contributed by atoms with Gasteiger partial charge in [0.2, 0.25) is 5.82 Å². The lowest BCUT2D eigenvalue weighted by molar-refractivity contribution is -0.143. The van der Waals surface area contributed by atoms with Crippen molar-refractivity contribution in [1.29, 1.82) is 0 Å². The van der Waals surface area contributed by atoms with Crippen LogP contribution in [0.2, 0.25) is 0 Å². The van der Waals surface area contributed by atoms with Gasteiger partial charge in [-0.15, -0.1) is 10.2 Å². The monoisotopic (exact) mass is 619 g/mol. The maximum absolute atomic E-state index is 17.5. The predicted octanol–water partition coefficient (Wildman–Crippen LogP) is 6.96. The second kappa shape index (κ2) is 11.0. The molecule has 0 N–H and O–H groups in total. The van der Waals surface area contributed by atoms with Crippen LogP contribution in [0.25, 0.3) is 0 Å². The summed E-state index contributed by atoms with van der Waals surface area (Å²) in [6.45, 7) is -0.243. The molecule has 2 aliphatic heterocycles. The molecule has 2 aliphatic rings. The molecule has 4 aromatic rings. The lowest BCUT2D eigenvalue weighted by Crippen LogP contribution is -2.57. The molecule has 232 valence electrons. The fourth-order valence-corrected chi connectivity index (χ4v) is 6.78. The van der Waals surface area contributed by atoms with Gasteiger partial charge in [0.05, 0.1) is 42.5 Å². The Balaban J connectivity index is 1.44. The lowest BCUT2D eigenvalue weighted by Gasteiger charge is -2.49. The summed E-state index contributed by atoms with van der Waals surface area (Å²) in [5, 5.41) is 12.1. The van der Waals surface area contributed by atoms with Crippen LogP contribution in [0.1, 0.15) is 52.9 Å². The third kappa shape index (κ3) is 5.36. The first kappa shape index (κ1) is 30.2. The van der Waals surface area contributed by atoms with Crippen LogP contribution in [0.4, 0.5) is 30.7 Å². The minimum Gasteiger partial charge on any atom is -0.371 e. The Hall–Kier alpha value is -3.84. The number of nitrogens with zero attached hydrogens (tertiary/aromatic N) is 5. The minimum absolute atomic E-state index is 0.0874. The number of fused-ring (bicyclic) bond motifs is 2. The average molecular weight is 620 g/mol. The number of ether oxygens (including phenoxy) is 1. The maximum atomic E-state index is 17.5. The van der Waals surface area contributed by atoms with Gasteiger partial charge in [0.25, 0.3) is 0 Å². The summed E-state index contributed by atoms with van der Waals surface area (Å²) in [5.41, 5.74) is -4.77. The zero-order valence-electron chi connectivity index (χ0n) is 23.5. The molecule has 3 aromatic carbocycles. The maximum Gasteiger partial charge on any atom is 0.416 e. The zero-order valence-corrected chi connectivity index (χ0v) is 23.5. The molecule has 4 atom stereocenters. The summed E-state index contributed by atoms with van der Waals surface area (Å²) in [4.78, 5) is 3.17. The van der Waals surface area contributed by atoms with E-state index in [1.54, 1.807) is 18.2 Å². The van der Waals surface area contributed by atoms with Gasteiger partial charge >= 0.3 is 12.4 Å². The molecule has 4 unspecified atom stereocenters. The van der Waals surface area contributed by atoms with Gasteiger partial charge in [0.15, 0.2) is 5.67 Å².